The van der Waals surface area contributed by atoms with E-state index in [0.717, 1.165) is 23.4 Å². The molecule has 0 atom stereocenters. The Hall–Kier alpha value is -3.61. The van der Waals surface area contributed by atoms with E-state index in [9.17, 15) is 9.59 Å². The molecule has 1 N–H and O–H groups in total. The molecule has 1 aliphatic rings. The second-order valence-electron chi connectivity index (χ2n) is 7.49. The summed E-state index contributed by atoms with van der Waals surface area (Å²) < 4.78 is 7.36. The number of hydrogen-bond donors (Lipinski definition) is 1. The number of aromatic nitrogens is 2. The summed E-state index contributed by atoms with van der Waals surface area (Å²) in [4.78, 5) is 26.8. The van der Waals surface area contributed by atoms with Gasteiger partial charge in [-0.2, -0.15) is 5.10 Å². The van der Waals surface area contributed by atoms with Crippen LogP contribution in [0.1, 0.15) is 41.4 Å². The molecule has 7 nitrogen and oxygen atoms in total. The predicted octanol–water partition coefficient (Wildman–Crippen LogP) is 3.88. The zero-order chi connectivity index (χ0) is 21.8. The Morgan fingerprint density at radius 3 is 2.68 bits per heavy atom. The third-order valence-electron chi connectivity index (χ3n) is 5.51. The number of rotatable bonds is 7. The smallest absolute Gasteiger partial charge is 0.259 e. The molecule has 1 aromatic heterocycles. The van der Waals surface area contributed by atoms with Crippen molar-refractivity contribution in [1.82, 2.24) is 9.78 Å². The molecule has 31 heavy (non-hydrogen) atoms. The van der Waals surface area contributed by atoms with Gasteiger partial charge in [-0.3, -0.25) is 14.3 Å². The Bertz CT molecular complexity index is 1090. The van der Waals surface area contributed by atoms with Crippen LogP contribution < -0.4 is 15.0 Å². The highest BCUT2D eigenvalue weighted by atomic mass is 16.5. The zero-order valence-electron chi connectivity index (χ0n) is 17.8. The van der Waals surface area contributed by atoms with Crippen LogP contribution in [0, 0.1) is 0 Å². The summed E-state index contributed by atoms with van der Waals surface area (Å²) in [5, 5.41) is 7.38. The van der Waals surface area contributed by atoms with Crippen molar-refractivity contribution in [2.75, 3.05) is 23.9 Å². The monoisotopic (exact) mass is 418 g/mol. The van der Waals surface area contributed by atoms with Crippen LogP contribution in [-0.2, 0) is 17.8 Å². The van der Waals surface area contributed by atoms with E-state index < -0.39 is 0 Å². The number of hydrogen-bond acceptors (Lipinski definition) is 4. The fraction of sp³-hybridized carbons (Fsp3) is 0.292. The molecular weight excluding hydrogens is 392 g/mol. The van der Waals surface area contributed by atoms with Crippen LogP contribution in [0.2, 0.25) is 0 Å². The lowest BCUT2D eigenvalue weighted by molar-refractivity contribution is -0.117. The van der Waals surface area contributed by atoms with Gasteiger partial charge in [-0.25, -0.2) is 0 Å². The molecule has 0 saturated carbocycles. The molecule has 0 aliphatic carbocycles. The average molecular weight is 418 g/mol. The van der Waals surface area contributed by atoms with E-state index in [0.29, 0.717) is 42.9 Å². The summed E-state index contributed by atoms with van der Waals surface area (Å²) in [6.45, 7) is 3.31. The SMILES string of the molecule is CCc1c(C(=O)Nc2ccc(N3CCCC3=O)c(OC)c2)cnn1Cc1ccccc1. The third-order valence-corrected chi connectivity index (χ3v) is 5.51. The second kappa shape index (κ2) is 9.04. The summed E-state index contributed by atoms with van der Waals surface area (Å²) >= 11 is 0. The van der Waals surface area contributed by atoms with Gasteiger partial charge >= 0.3 is 0 Å². The molecule has 4 rings (SSSR count). The average Bonchev–Trinajstić information content (AvgIpc) is 3.40. The van der Waals surface area contributed by atoms with Crippen LogP contribution in [0.4, 0.5) is 11.4 Å². The standard InChI is InChI=1S/C24H26N4O3/c1-3-20-19(15-25-28(20)16-17-8-5-4-6-9-17)24(30)26-18-11-12-21(22(14-18)31-2)27-13-7-10-23(27)29/h4-6,8-9,11-12,14-15H,3,7,10,13,16H2,1-2H3,(H,26,30). The highest BCUT2D eigenvalue weighted by Gasteiger charge is 2.25. The van der Waals surface area contributed by atoms with Crippen molar-refractivity contribution in [3.05, 3.63) is 71.5 Å². The fourth-order valence-electron chi connectivity index (χ4n) is 3.95. The van der Waals surface area contributed by atoms with Gasteiger partial charge < -0.3 is 15.0 Å². The predicted molar refractivity (Wildman–Crippen MR) is 120 cm³/mol. The van der Waals surface area contributed by atoms with Gasteiger partial charge in [0.15, 0.2) is 0 Å². The summed E-state index contributed by atoms with van der Waals surface area (Å²) in [6, 6.07) is 15.4. The summed E-state index contributed by atoms with van der Waals surface area (Å²) in [5.41, 5.74) is 3.90. The van der Waals surface area contributed by atoms with Gasteiger partial charge in [-0.1, -0.05) is 37.3 Å². The van der Waals surface area contributed by atoms with E-state index in [1.807, 2.05) is 48.0 Å². The van der Waals surface area contributed by atoms with Crippen molar-refractivity contribution in [2.24, 2.45) is 0 Å². The van der Waals surface area contributed by atoms with Crippen LogP contribution in [0.25, 0.3) is 0 Å². The molecule has 1 aliphatic heterocycles. The summed E-state index contributed by atoms with van der Waals surface area (Å²) in [7, 11) is 1.56. The Morgan fingerprint density at radius 2 is 2.00 bits per heavy atom. The minimum Gasteiger partial charge on any atom is -0.494 e. The van der Waals surface area contributed by atoms with Crippen molar-refractivity contribution < 1.29 is 14.3 Å². The maximum atomic E-state index is 13.0. The van der Waals surface area contributed by atoms with Crippen LogP contribution in [0.15, 0.2) is 54.7 Å². The molecule has 7 heteroatoms. The number of amides is 2. The molecule has 0 bridgehead atoms. The second-order valence-corrected chi connectivity index (χ2v) is 7.49. The van der Waals surface area contributed by atoms with E-state index in [-0.39, 0.29) is 11.8 Å². The number of nitrogens with one attached hydrogen (secondary N) is 1. The molecular formula is C24H26N4O3. The van der Waals surface area contributed by atoms with Crippen molar-refractivity contribution in [1.29, 1.82) is 0 Å². The first-order chi connectivity index (χ1) is 15.1. The molecule has 2 aromatic carbocycles. The molecule has 1 fully saturated rings. The third kappa shape index (κ3) is 4.30. The van der Waals surface area contributed by atoms with Gasteiger partial charge in [0.1, 0.15) is 5.75 Å². The molecule has 3 aromatic rings. The molecule has 0 unspecified atom stereocenters. The largest absolute Gasteiger partial charge is 0.494 e. The van der Waals surface area contributed by atoms with Crippen molar-refractivity contribution in [3.63, 3.8) is 0 Å². The summed E-state index contributed by atoms with van der Waals surface area (Å²) in [5.74, 6) is 0.431. The van der Waals surface area contributed by atoms with E-state index >= 15 is 0 Å². The quantitative estimate of drug-likeness (QED) is 0.632. The number of carbonyl (C=O) groups is 2. The lowest BCUT2D eigenvalue weighted by atomic mass is 10.1. The Morgan fingerprint density at radius 1 is 1.19 bits per heavy atom. The van der Waals surface area contributed by atoms with Gasteiger partial charge in [0.2, 0.25) is 5.91 Å². The van der Waals surface area contributed by atoms with E-state index in [1.165, 1.54) is 0 Å². The van der Waals surface area contributed by atoms with Crippen molar-refractivity contribution in [2.45, 2.75) is 32.7 Å². The van der Waals surface area contributed by atoms with Gasteiger partial charge in [-0.05, 0) is 30.5 Å². The van der Waals surface area contributed by atoms with Crippen LogP contribution in [0.3, 0.4) is 0 Å². The first-order valence-electron chi connectivity index (χ1n) is 10.5. The molecule has 0 spiro atoms. The fourth-order valence-corrected chi connectivity index (χ4v) is 3.95. The number of anilines is 2. The maximum Gasteiger partial charge on any atom is 0.259 e. The molecule has 1 saturated heterocycles. The minimum atomic E-state index is -0.219. The lowest BCUT2D eigenvalue weighted by Gasteiger charge is -2.19. The highest BCUT2D eigenvalue weighted by Crippen LogP contribution is 2.34. The highest BCUT2D eigenvalue weighted by molar-refractivity contribution is 6.05. The number of methoxy groups -OCH3 is 1. The van der Waals surface area contributed by atoms with E-state index in [1.54, 1.807) is 30.3 Å². The minimum absolute atomic E-state index is 0.0912. The normalized spacial score (nSPS) is 13.5. The first-order valence-corrected chi connectivity index (χ1v) is 10.5. The summed E-state index contributed by atoms with van der Waals surface area (Å²) in [6.07, 6.45) is 3.70. The molecule has 0 radical (unpaired) electrons. The number of nitrogens with zero attached hydrogens (tertiary/aromatic N) is 3. The van der Waals surface area contributed by atoms with E-state index in [4.69, 9.17) is 4.74 Å². The maximum absolute atomic E-state index is 13.0. The van der Waals surface area contributed by atoms with Crippen molar-refractivity contribution in [3.8, 4) is 5.75 Å². The zero-order valence-corrected chi connectivity index (χ0v) is 17.8. The Balaban J connectivity index is 1.53. The van der Waals surface area contributed by atoms with E-state index in [2.05, 4.69) is 10.4 Å². The Labute approximate surface area is 181 Å². The van der Waals surface area contributed by atoms with Gasteiger partial charge in [0.05, 0.1) is 36.8 Å². The topological polar surface area (TPSA) is 76.5 Å². The number of benzene rings is 2. The van der Waals surface area contributed by atoms with Crippen LogP contribution in [-0.4, -0.2) is 35.2 Å². The molecule has 160 valence electrons. The lowest BCUT2D eigenvalue weighted by Crippen LogP contribution is -2.24. The Kier molecular flexibility index (Phi) is 6.02. The van der Waals surface area contributed by atoms with Crippen molar-refractivity contribution >= 4 is 23.2 Å². The molecule has 2 amide bonds. The number of carbonyl (C=O) groups excluding carboxylic acids is 2. The van der Waals surface area contributed by atoms with Gasteiger partial charge in [0.25, 0.3) is 5.91 Å². The van der Waals surface area contributed by atoms with Gasteiger partial charge in [-0.15, -0.1) is 0 Å². The van der Waals surface area contributed by atoms with Crippen LogP contribution >= 0.6 is 0 Å². The van der Waals surface area contributed by atoms with Crippen LogP contribution in [0.5, 0.6) is 5.75 Å². The first kappa shape index (κ1) is 20.7. The molecule has 2 heterocycles. The number of ether oxygens (including phenoxy) is 1. The van der Waals surface area contributed by atoms with Gasteiger partial charge in [0, 0.05) is 24.7 Å².